The monoisotopic (exact) mass is 378 g/mol. The minimum Gasteiger partial charge on any atom is -0.493 e. The summed E-state index contributed by atoms with van der Waals surface area (Å²) in [5.41, 5.74) is 4.92. The summed E-state index contributed by atoms with van der Waals surface area (Å²) in [6.07, 6.45) is -0.861. The molecule has 2 rings (SSSR count). The number of para-hydroxylation sites is 1. The maximum atomic E-state index is 12.2. The molecule has 2 N–H and O–H groups in total. The predicted molar refractivity (Wildman–Crippen MR) is 96.7 cm³/mol. The summed E-state index contributed by atoms with van der Waals surface area (Å²) in [6, 6.07) is 11.4. The van der Waals surface area contributed by atoms with Gasteiger partial charge >= 0.3 is 0 Å². The highest BCUT2D eigenvalue weighted by molar-refractivity contribution is 6.32. The van der Waals surface area contributed by atoms with Crippen molar-refractivity contribution in [2.24, 2.45) is 0 Å². The lowest BCUT2D eigenvalue weighted by atomic mass is 10.2. The van der Waals surface area contributed by atoms with Crippen LogP contribution in [0.15, 0.2) is 42.5 Å². The number of hydrazine groups is 1. The molecule has 1 unspecified atom stereocenters. The topological polar surface area (TPSA) is 85.9 Å². The molecule has 0 spiro atoms. The zero-order chi connectivity index (χ0) is 19.1. The molecule has 8 heteroatoms. The van der Waals surface area contributed by atoms with Crippen molar-refractivity contribution in [3.8, 4) is 17.2 Å². The molecule has 1 atom stereocenters. The Morgan fingerprint density at radius 3 is 2.31 bits per heavy atom. The van der Waals surface area contributed by atoms with Gasteiger partial charge in [0.2, 0.25) is 0 Å². The number of methoxy groups -OCH3 is 2. The van der Waals surface area contributed by atoms with Crippen molar-refractivity contribution in [2.75, 3.05) is 14.2 Å². The molecule has 2 aromatic rings. The fourth-order valence-corrected chi connectivity index (χ4v) is 2.23. The first-order valence-corrected chi connectivity index (χ1v) is 8.07. The van der Waals surface area contributed by atoms with Crippen LogP contribution in [0.2, 0.25) is 5.02 Å². The third kappa shape index (κ3) is 4.80. The number of ether oxygens (including phenoxy) is 3. The van der Waals surface area contributed by atoms with Crippen LogP contribution in [0.1, 0.15) is 17.3 Å². The Balaban J connectivity index is 1.94. The first-order chi connectivity index (χ1) is 12.5. The third-order valence-corrected chi connectivity index (χ3v) is 3.77. The van der Waals surface area contributed by atoms with E-state index in [1.54, 1.807) is 43.3 Å². The van der Waals surface area contributed by atoms with Crippen LogP contribution < -0.4 is 25.1 Å². The first-order valence-electron chi connectivity index (χ1n) is 7.69. The molecule has 0 aliphatic rings. The Morgan fingerprint density at radius 1 is 0.962 bits per heavy atom. The quantitative estimate of drug-likeness (QED) is 0.754. The van der Waals surface area contributed by atoms with Gasteiger partial charge in [-0.1, -0.05) is 23.7 Å². The van der Waals surface area contributed by atoms with Gasteiger partial charge in [0.05, 0.1) is 19.2 Å². The van der Waals surface area contributed by atoms with Gasteiger partial charge in [0.15, 0.2) is 17.6 Å². The molecular formula is C18H19ClN2O5. The van der Waals surface area contributed by atoms with Crippen LogP contribution in [0, 0.1) is 0 Å². The summed E-state index contributed by atoms with van der Waals surface area (Å²) < 4.78 is 15.7. The van der Waals surface area contributed by atoms with Gasteiger partial charge in [0.25, 0.3) is 11.8 Å². The molecule has 2 amide bonds. The number of hydrogen-bond donors (Lipinski definition) is 2. The van der Waals surface area contributed by atoms with E-state index in [4.69, 9.17) is 25.8 Å². The summed E-state index contributed by atoms with van der Waals surface area (Å²) in [7, 11) is 2.97. The minimum atomic E-state index is -0.861. The van der Waals surface area contributed by atoms with Gasteiger partial charge in [-0.15, -0.1) is 0 Å². The largest absolute Gasteiger partial charge is 0.493 e. The molecule has 0 fully saturated rings. The van der Waals surface area contributed by atoms with Crippen LogP contribution in [-0.4, -0.2) is 32.1 Å². The van der Waals surface area contributed by atoms with E-state index in [1.165, 1.54) is 20.3 Å². The summed E-state index contributed by atoms with van der Waals surface area (Å²) in [5.74, 6) is 0.239. The fraction of sp³-hybridized carbons (Fsp3) is 0.222. The van der Waals surface area contributed by atoms with E-state index in [0.717, 1.165) is 0 Å². The Bertz CT molecular complexity index is 797. The van der Waals surface area contributed by atoms with Gasteiger partial charge in [-0.25, -0.2) is 0 Å². The average molecular weight is 379 g/mol. The molecule has 0 radical (unpaired) electrons. The van der Waals surface area contributed by atoms with E-state index >= 15 is 0 Å². The van der Waals surface area contributed by atoms with Crippen LogP contribution in [-0.2, 0) is 4.79 Å². The molecule has 2 aromatic carbocycles. The summed E-state index contributed by atoms with van der Waals surface area (Å²) in [4.78, 5) is 24.2. The second-order valence-electron chi connectivity index (χ2n) is 5.20. The molecule has 0 bridgehead atoms. The SMILES string of the molecule is COc1ccc(C(=O)NNC(=O)C(C)Oc2ccccc2Cl)cc1OC. The van der Waals surface area contributed by atoms with Gasteiger partial charge in [-0.3, -0.25) is 20.4 Å². The molecule has 138 valence electrons. The smallest absolute Gasteiger partial charge is 0.279 e. The fourth-order valence-electron chi connectivity index (χ4n) is 2.05. The highest BCUT2D eigenvalue weighted by atomic mass is 35.5. The lowest BCUT2D eigenvalue weighted by Gasteiger charge is -2.16. The maximum absolute atomic E-state index is 12.2. The van der Waals surface area contributed by atoms with Crippen molar-refractivity contribution < 1.29 is 23.8 Å². The first kappa shape index (κ1) is 19.4. The Kier molecular flexibility index (Phi) is 6.68. The number of nitrogens with one attached hydrogen (secondary N) is 2. The molecule has 0 saturated carbocycles. The molecular weight excluding hydrogens is 360 g/mol. The molecule has 0 saturated heterocycles. The van der Waals surface area contributed by atoms with E-state index in [9.17, 15) is 9.59 Å². The number of amides is 2. The van der Waals surface area contributed by atoms with Gasteiger partial charge in [-0.05, 0) is 37.3 Å². The van der Waals surface area contributed by atoms with Gasteiger partial charge in [-0.2, -0.15) is 0 Å². The van der Waals surface area contributed by atoms with E-state index in [-0.39, 0.29) is 0 Å². The molecule has 0 aromatic heterocycles. The van der Waals surface area contributed by atoms with Crippen molar-refractivity contribution in [1.82, 2.24) is 10.9 Å². The maximum Gasteiger partial charge on any atom is 0.279 e. The summed E-state index contributed by atoms with van der Waals surface area (Å²) >= 11 is 5.99. The van der Waals surface area contributed by atoms with Crippen molar-refractivity contribution >= 4 is 23.4 Å². The van der Waals surface area contributed by atoms with E-state index in [1.807, 2.05) is 0 Å². The lowest BCUT2D eigenvalue weighted by Crippen LogP contribution is -2.47. The highest BCUT2D eigenvalue weighted by Crippen LogP contribution is 2.27. The summed E-state index contributed by atoms with van der Waals surface area (Å²) in [5, 5.41) is 0.390. The number of halogens is 1. The van der Waals surface area contributed by atoms with Gasteiger partial charge < -0.3 is 14.2 Å². The third-order valence-electron chi connectivity index (χ3n) is 3.45. The highest BCUT2D eigenvalue weighted by Gasteiger charge is 2.17. The Hall–Kier alpha value is -2.93. The molecule has 0 aliphatic carbocycles. The molecule has 0 aliphatic heterocycles. The van der Waals surface area contributed by atoms with Crippen molar-refractivity contribution in [2.45, 2.75) is 13.0 Å². The lowest BCUT2D eigenvalue weighted by molar-refractivity contribution is -0.128. The number of carbonyl (C=O) groups is 2. The summed E-state index contributed by atoms with van der Waals surface area (Å²) in [6.45, 7) is 1.54. The second kappa shape index (κ2) is 8.96. The van der Waals surface area contributed by atoms with E-state index < -0.39 is 17.9 Å². The standard InChI is InChI=1S/C18H19ClN2O5/c1-11(26-14-7-5-4-6-13(14)19)17(22)20-21-18(23)12-8-9-15(24-2)16(10-12)25-3/h4-11H,1-3H3,(H,20,22)(H,21,23). The minimum absolute atomic E-state index is 0.294. The number of benzene rings is 2. The van der Waals surface area contributed by atoms with Crippen LogP contribution in [0.4, 0.5) is 0 Å². The zero-order valence-electron chi connectivity index (χ0n) is 14.5. The number of rotatable bonds is 6. The molecule has 7 nitrogen and oxygen atoms in total. The van der Waals surface area contributed by atoms with Crippen LogP contribution in [0.5, 0.6) is 17.2 Å². The predicted octanol–water partition coefficient (Wildman–Crippen LogP) is 2.59. The van der Waals surface area contributed by atoms with Crippen LogP contribution in [0.25, 0.3) is 0 Å². The second-order valence-corrected chi connectivity index (χ2v) is 5.61. The van der Waals surface area contributed by atoms with E-state index in [2.05, 4.69) is 10.9 Å². The normalized spacial score (nSPS) is 11.2. The Morgan fingerprint density at radius 2 is 1.65 bits per heavy atom. The van der Waals surface area contributed by atoms with Crippen molar-refractivity contribution in [1.29, 1.82) is 0 Å². The zero-order valence-corrected chi connectivity index (χ0v) is 15.3. The van der Waals surface area contributed by atoms with E-state index in [0.29, 0.717) is 27.8 Å². The van der Waals surface area contributed by atoms with Crippen molar-refractivity contribution in [3.63, 3.8) is 0 Å². The van der Waals surface area contributed by atoms with Crippen LogP contribution >= 0.6 is 11.6 Å². The van der Waals surface area contributed by atoms with Gasteiger partial charge in [0, 0.05) is 5.56 Å². The molecule has 0 heterocycles. The average Bonchev–Trinajstić information content (AvgIpc) is 2.66. The van der Waals surface area contributed by atoms with Crippen molar-refractivity contribution in [3.05, 3.63) is 53.1 Å². The molecule has 26 heavy (non-hydrogen) atoms. The number of carbonyl (C=O) groups excluding carboxylic acids is 2. The van der Waals surface area contributed by atoms with Crippen LogP contribution in [0.3, 0.4) is 0 Å². The number of hydrogen-bond acceptors (Lipinski definition) is 5. The Labute approximate surface area is 156 Å². The van der Waals surface area contributed by atoms with Gasteiger partial charge in [0.1, 0.15) is 5.75 Å².